The summed E-state index contributed by atoms with van der Waals surface area (Å²) in [5.41, 5.74) is 5.60. The molecule has 4 heteroatoms. The Labute approximate surface area is 91.7 Å². The Balaban J connectivity index is 1.92. The van der Waals surface area contributed by atoms with E-state index in [0.717, 1.165) is 38.9 Å². The molecule has 0 bridgehead atoms. The van der Waals surface area contributed by atoms with E-state index in [2.05, 4.69) is 11.8 Å². The largest absolute Gasteiger partial charge is 0.347 e. The topological polar surface area (TPSA) is 47.7 Å². The molecule has 4 nitrogen and oxygen atoms in total. The number of nitrogens with two attached hydrogens (primary N) is 1. The lowest BCUT2D eigenvalue weighted by molar-refractivity contribution is -0.174. The van der Waals surface area contributed by atoms with Crippen molar-refractivity contribution >= 4 is 0 Å². The second-order valence-electron chi connectivity index (χ2n) is 4.49. The minimum Gasteiger partial charge on any atom is -0.347 e. The molecule has 2 saturated heterocycles. The van der Waals surface area contributed by atoms with Crippen molar-refractivity contribution in [1.29, 1.82) is 0 Å². The van der Waals surface area contributed by atoms with Crippen molar-refractivity contribution in [3.05, 3.63) is 0 Å². The summed E-state index contributed by atoms with van der Waals surface area (Å²) in [5, 5.41) is 0. The van der Waals surface area contributed by atoms with Crippen LogP contribution in [0.15, 0.2) is 0 Å². The molecule has 2 N–H and O–H groups in total. The van der Waals surface area contributed by atoms with Gasteiger partial charge in [0.15, 0.2) is 5.79 Å². The zero-order valence-electron chi connectivity index (χ0n) is 9.58. The normalized spacial score (nSPS) is 38.4. The molecule has 2 fully saturated rings. The molecule has 0 aromatic heterocycles. The van der Waals surface area contributed by atoms with Gasteiger partial charge in [0, 0.05) is 25.9 Å². The average molecular weight is 214 g/mol. The molecule has 2 atom stereocenters. The van der Waals surface area contributed by atoms with Crippen LogP contribution in [0.3, 0.4) is 0 Å². The lowest BCUT2D eigenvalue weighted by atomic mass is 10.1. The molecule has 0 aromatic rings. The molecule has 0 aliphatic carbocycles. The maximum absolute atomic E-state index is 5.94. The standard InChI is InChI=1S/C11H22N2O2/c1-2-13-6-3-4-11(5-7-13)14-9-10(8-12)15-11/h10H,2-9,12H2,1H3. The second-order valence-corrected chi connectivity index (χ2v) is 4.49. The Morgan fingerprint density at radius 3 is 2.93 bits per heavy atom. The monoisotopic (exact) mass is 214 g/mol. The van der Waals surface area contributed by atoms with Crippen molar-refractivity contribution in [3.8, 4) is 0 Å². The molecule has 88 valence electrons. The molecule has 2 heterocycles. The minimum absolute atomic E-state index is 0.109. The van der Waals surface area contributed by atoms with Gasteiger partial charge < -0.3 is 20.1 Å². The van der Waals surface area contributed by atoms with Gasteiger partial charge in [-0.15, -0.1) is 0 Å². The van der Waals surface area contributed by atoms with E-state index in [-0.39, 0.29) is 11.9 Å². The highest BCUT2D eigenvalue weighted by Gasteiger charge is 2.41. The molecule has 0 radical (unpaired) electrons. The van der Waals surface area contributed by atoms with E-state index in [1.165, 1.54) is 0 Å². The second kappa shape index (κ2) is 4.78. The Morgan fingerprint density at radius 2 is 2.27 bits per heavy atom. The third-order valence-corrected chi connectivity index (χ3v) is 3.46. The summed E-state index contributed by atoms with van der Waals surface area (Å²) in [7, 11) is 0. The van der Waals surface area contributed by atoms with Gasteiger partial charge in [0.25, 0.3) is 0 Å². The lowest BCUT2D eigenvalue weighted by Crippen LogP contribution is -2.34. The van der Waals surface area contributed by atoms with E-state index in [9.17, 15) is 0 Å². The van der Waals surface area contributed by atoms with E-state index < -0.39 is 0 Å². The molecule has 2 unspecified atom stereocenters. The summed E-state index contributed by atoms with van der Waals surface area (Å²) in [6.45, 7) is 6.81. The Bertz CT molecular complexity index is 209. The van der Waals surface area contributed by atoms with Crippen LogP contribution < -0.4 is 5.73 Å². The Hall–Kier alpha value is -0.160. The van der Waals surface area contributed by atoms with E-state index in [1.807, 2.05) is 0 Å². The van der Waals surface area contributed by atoms with Crippen molar-refractivity contribution in [2.45, 2.75) is 38.1 Å². The summed E-state index contributed by atoms with van der Waals surface area (Å²) in [6, 6.07) is 0. The summed E-state index contributed by atoms with van der Waals surface area (Å²) >= 11 is 0. The zero-order chi connectivity index (χ0) is 10.7. The van der Waals surface area contributed by atoms with Crippen LogP contribution in [0.2, 0.25) is 0 Å². The SMILES string of the molecule is CCN1CCCC2(CC1)OCC(CN)O2. The summed E-state index contributed by atoms with van der Waals surface area (Å²) in [4.78, 5) is 2.46. The van der Waals surface area contributed by atoms with E-state index in [4.69, 9.17) is 15.2 Å². The Kier molecular flexibility index (Phi) is 3.61. The molecule has 1 spiro atoms. The molecule has 0 amide bonds. The first-order valence-electron chi connectivity index (χ1n) is 6.02. The highest BCUT2D eigenvalue weighted by molar-refractivity contribution is 4.83. The van der Waals surface area contributed by atoms with Gasteiger partial charge in [-0.1, -0.05) is 6.92 Å². The fourth-order valence-electron chi connectivity index (χ4n) is 2.45. The van der Waals surface area contributed by atoms with Crippen LogP contribution >= 0.6 is 0 Å². The average Bonchev–Trinajstić information content (AvgIpc) is 2.55. The van der Waals surface area contributed by atoms with Crippen LogP contribution in [0.4, 0.5) is 0 Å². The zero-order valence-corrected chi connectivity index (χ0v) is 9.58. The van der Waals surface area contributed by atoms with Crippen LogP contribution in [0, 0.1) is 0 Å². The van der Waals surface area contributed by atoms with Gasteiger partial charge in [0.05, 0.1) is 12.7 Å². The van der Waals surface area contributed by atoms with Gasteiger partial charge in [-0.25, -0.2) is 0 Å². The van der Waals surface area contributed by atoms with Crippen molar-refractivity contribution < 1.29 is 9.47 Å². The predicted octanol–water partition coefficient (Wildman–Crippen LogP) is 0.563. The van der Waals surface area contributed by atoms with Gasteiger partial charge in [-0.2, -0.15) is 0 Å². The van der Waals surface area contributed by atoms with Crippen molar-refractivity contribution in [2.24, 2.45) is 5.73 Å². The van der Waals surface area contributed by atoms with E-state index in [0.29, 0.717) is 13.2 Å². The number of ether oxygens (including phenoxy) is 2. The lowest BCUT2D eigenvalue weighted by Gasteiger charge is -2.26. The summed E-state index contributed by atoms with van der Waals surface area (Å²) in [6.07, 6.45) is 3.26. The first-order valence-corrected chi connectivity index (χ1v) is 6.02. The third kappa shape index (κ3) is 2.50. The van der Waals surface area contributed by atoms with Crippen LogP contribution in [0.25, 0.3) is 0 Å². The van der Waals surface area contributed by atoms with Gasteiger partial charge in [0.2, 0.25) is 0 Å². The number of hydrogen-bond donors (Lipinski definition) is 1. The van der Waals surface area contributed by atoms with Crippen LogP contribution in [-0.4, -0.2) is 49.6 Å². The molecular weight excluding hydrogens is 192 g/mol. The quantitative estimate of drug-likeness (QED) is 0.730. The summed E-state index contributed by atoms with van der Waals surface area (Å²) < 4.78 is 11.8. The smallest absolute Gasteiger partial charge is 0.170 e. The Morgan fingerprint density at radius 1 is 1.40 bits per heavy atom. The van der Waals surface area contributed by atoms with Gasteiger partial charge in [-0.3, -0.25) is 0 Å². The number of likely N-dealkylation sites (tertiary alicyclic amines) is 1. The van der Waals surface area contributed by atoms with Crippen LogP contribution in [-0.2, 0) is 9.47 Å². The van der Waals surface area contributed by atoms with Gasteiger partial charge >= 0.3 is 0 Å². The number of rotatable bonds is 2. The predicted molar refractivity (Wildman–Crippen MR) is 58.6 cm³/mol. The fraction of sp³-hybridized carbons (Fsp3) is 1.00. The first kappa shape index (κ1) is 11.3. The molecular formula is C11H22N2O2. The fourth-order valence-corrected chi connectivity index (χ4v) is 2.45. The molecule has 0 aromatic carbocycles. The van der Waals surface area contributed by atoms with Crippen LogP contribution in [0.5, 0.6) is 0 Å². The van der Waals surface area contributed by atoms with Crippen molar-refractivity contribution in [1.82, 2.24) is 4.90 Å². The van der Waals surface area contributed by atoms with Gasteiger partial charge in [0.1, 0.15) is 0 Å². The third-order valence-electron chi connectivity index (χ3n) is 3.46. The number of nitrogens with zero attached hydrogens (tertiary/aromatic N) is 1. The minimum atomic E-state index is -0.312. The maximum atomic E-state index is 5.94. The summed E-state index contributed by atoms with van der Waals surface area (Å²) in [5.74, 6) is -0.312. The van der Waals surface area contributed by atoms with Crippen LogP contribution in [0.1, 0.15) is 26.2 Å². The molecule has 0 saturated carbocycles. The highest BCUT2D eigenvalue weighted by atomic mass is 16.7. The molecule has 15 heavy (non-hydrogen) atoms. The molecule has 2 aliphatic heterocycles. The van der Waals surface area contributed by atoms with Crippen molar-refractivity contribution in [3.63, 3.8) is 0 Å². The maximum Gasteiger partial charge on any atom is 0.170 e. The van der Waals surface area contributed by atoms with Gasteiger partial charge in [-0.05, 0) is 19.5 Å². The van der Waals surface area contributed by atoms with E-state index in [1.54, 1.807) is 0 Å². The highest BCUT2D eigenvalue weighted by Crippen LogP contribution is 2.33. The number of hydrogen-bond acceptors (Lipinski definition) is 4. The molecule has 2 aliphatic rings. The van der Waals surface area contributed by atoms with E-state index >= 15 is 0 Å². The first-order chi connectivity index (χ1) is 7.28. The molecule has 2 rings (SSSR count). The van der Waals surface area contributed by atoms with Crippen molar-refractivity contribution in [2.75, 3.05) is 32.8 Å².